The lowest BCUT2D eigenvalue weighted by Crippen LogP contribution is -2.23. The van der Waals surface area contributed by atoms with Crippen LogP contribution in [0.3, 0.4) is 0 Å². The van der Waals surface area contributed by atoms with Gasteiger partial charge in [0.15, 0.2) is 10.9 Å². The van der Waals surface area contributed by atoms with Crippen molar-refractivity contribution in [3.05, 3.63) is 118 Å². The van der Waals surface area contributed by atoms with E-state index in [1.54, 1.807) is 36.6 Å². The molecule has 39 heavy (non-hydrogen) atoms. The molecule has 0 saturated heterocycles. The SMILES string of the molecule is O=C(NCc1cccc(C(F)(F)F)c1)c1ccc(CSc2nnc(-c3ccco3)n2-c2cccc(Cl)c2)cc1. The van der Waals surface area contributed by atoms with Crippen LogP contribution in [0, 0.1) is 0 Å². The zero-order chi connectivity index (χ0) is 27.4. The Balaban J connectivity index is 1.26. The fourth-order valence-corrected chi connectivity index (χ4v) is 4.91. The normalized spacial score (nSPS) is 11.5. The number of nitrogens with zero attached hydrogens (tertiary/aromatic N) is 3. The third-order valence-corrected chi connectivity index (χ3v) is 6.97. The Morgan fingerprint density at radius 3 is 2.46 bits per heavy atom. The summed E-state index contributed by atoms with van der Waals surface area (Å²) in [5, 5.41) is 12.5. The van der Waals surface area contributed by atoms with Crippen molar-refractivity contribution in [2.75, 3.05) is 0 Å². The zero-order valence-electron chi connectivity index (χ0n) is 20.2. The maximum atomic E-state index is 12.9. The number of furan rings is 1. The van der Waals surface area contributed by atoms with E-state index < -0.39 is 11.7 Å². The number of nitrogens with one attached hydrogen (secondary N) is 1. The molecule has 0 aliphatic heterocycles. The summed E-state index contributed by atoms with van der Waals surface area (Å²) in [7, 11) is 0. The molecule has 0 saturated carbocycles. The standard InChI is InChI=1S/C28H20ClF3N4O2S/c29-22-6-2-7-23(15-22)36-25(24-8-3-13-38-24)34-35-27(36)39-17-18-9-11-20(12-10-18)26(37)33-16-19-4-1-5-21(14-19)28(30,31)32/h1-15H,16-17H2,(H,33,37). The van der Waals surface area contributed by atoms with E-state index in [1.807, 2.05) is 34.9 Å². The lowest BCUT2D eigenvalue weighted by atomic mass is 10.1. The lowest BCUT2D eigenvalue weighted by Gasteiger charge is -2.10. The number of hydrogen-bond donors (Lipinski definition) is 1. The first kappa shape index (κ1) is 26.6. The summed E-state index contributed by atoms with van der Waals surface area (Å²) in [6.07, 6.45) is -2.87. The number of halogens is 4. The summed E-state index contributed by atoms with van der Waals surface area (Å²) in [5.41, 5.74) is 1.74. The van der Waals surface area contributed by atoms with Crippen LogP contribution in [0.5, 0.6) is 0 Å². The highest BCUT2D eigenvalue weighted by Crippen LogP contribution is 2.31. The largest absolute Gasteiger partial charge is 0.461 e. The number of carbonyl (C=O) groups excluding carboxylic acids is 1. The molecule has 2 heterocycles. The molecule has 3 aromatic carbocycles. The molecule has 2 aromatic heterocycles. The molecule has 0 unspecified atom stereocenters. The number of aromatic nitrogens is 3. The molecule has 0 aliphatic rings. The van der Waals surface area contributed by atoms with Crippen LogP contribution >= 0.6 is 23.4 Å². The first-order valence-electron chi connectivity index (χ1n) is 11.7. The Kier molecular flexibility index (Phi) is 7.76. The highest BCUT2D eigenvalue weighted by molar-refractivity contribution is 7.98. The van der Waals surface area contributed by atoms with Crippen molar-refractivity contribution in [3.8, 4) is 17.3 Å². The molecule has 6 nitrogen and oxygen atoms in total. The third-order valence-electron chi connectivity index (χ3n) is 5.73. The number of rotatable bonds is 8. The molecule has 5 aromatic rings. The van der Waals surface area contributed by atoms with E-state index in [9.17, 15) is 18.0 Å². The maximum absolute atomic E-state index is 12.9. The molecule has 1 amide bonds. The fourth-order valence-electron chi connectivity index (χ4n) is 3.82. The summed E-state index contributed by atoms with van der Waals surface area (Å²) < 4.78 is 46.2. The van der Waals surface area contributed by atoms with Gasteiger partial charge in [-0.3, -0.25) is 9.36 Å². The average Bonchev–Trinajstić information content (AvgIpc) is 3.61. The summed E-state index contributed by atoms with van der Waals surface area (Å²) in [6.45, 7) is -0.0163. The molecule has 0 fully saturated rings. The van der Waals surface area contributed by atoms with Crippen molar-refractivity contribution in [1.29, 1.82) is 0 Å². The molecule has 0 bridgehead atoms. The van der Waals surface area contributed by atoms with Crippen LogP contribution in [0.15, 0.2) is 101 Å². The number of thioether (sulfide) groups is 1. The van der Waals surface area contributed by atoms with Gasteiger partial charge >= 0.3 is 6.18 Å². The number of alkyl halides is 3. The van der Waals surface area contributed by atoms with Gasteiger partial charge in [-0.1, -0.05) is 53.7 Å². The summed E-state index contributed by atoms with van der Waals surface area (Å²) in [5.74, 6) is 1.27. The Morgan fingerprint density at radius 1 is 0.949 bits per heavy atom. The van der Waals surface area contributed by atoms with Crippen molar-refractivity contribution in [3.63, 3.8) is 0 Å². The van der Waals surface area contributed by atoms with Gasteiger partial charge in [0.1, 0.15) is 0 Å². The minimum absolute atomic E-state index is 0.0163. The molecule has 0 spiro atoms. The van der Waals surface area contributed by atoms with Gasteiger partial charge in [0.05, 0.1) is 17.5 Å². The quantitative estimate of drug-likeness (QED) is 0.197. The van der Waals surface area contributed by atoms with E-state index in [-0.39, 0.29) is 12.5 Å². The maximum Gasteiger partial charge on any atom is 0.416 e. The van der Waals surface area contributed by atoms with E-state index in [0.29, 0.717) is 38.6 Å². The Hall–Kier alpha value is -4.02. The topological polar surface area (TPSA) is 73.0 Å². The monoisotopic (exact) mass is 568 g/mol. The zero-order valence-corrected chi connectivity index (χ0v) is 21.7. The van der Waals surface area contributed by atoms with Gasteiger partial charge in [-0.25, -0.2) is 0 Å². The highest BCUT2D eigenvalue weighted by atomic mass is 35.5. The van der Waals surface area contributed by atoms with Gasteiger partial charge in [-0.2, -0.15) is 13.2 Å². The van der Waals surface area contributed by atoms with E-state index in [4.69, 9.17) is 16.0 Å². The van der Waals surface area contributed by atoms with E-state index in [1.165, 1.54) is 23.9 Å². The lowest BCUT2D eigenvalue weighted by molar-refractivity contribution is -0.137. The number of amides is 1. The van der Waals surface area contributed by atoms with Crippen LogP contribution in [0.2, 0.25) is 5.02 Å². The Morgan fingerprint density at radius 2 is 1.74 bits per heavy atom. The minimum Gasteiger partial charge on any atom is -0.461 e. The second-order valence-electron chi connectivity index (χ2n) is 8.47. The minimum atomic E-state index is -4.43. The highest BCUT2D eigenvalue weighted by Gasteiger charge is 2.30. The van der Waals surface area contributed by atoms with Crippen molar-refractivity contribution in [1.82, 2.24) is 20.1 Å². The molecule has 198 valence electrons. The number of benzene rings is 3. The van der Waals surface area contributed by atoms with Crippen molar-refractivity contribution in [2.24, 2.45) is 0 Å². The predicted molar refractivity (Wildman–Crippen MR) is 143 cm³/mol. The van der Waals surface area contributed by atoms with E-state index >= 15 is 0 Å². The first-order valence-corrected chi connectivity index (χ1v) is 13.1. The van der Waals surface area contributed by atoms with Gasteiger partial charge in [0.25, 0.3) is 5.91 Å². The molecule has 11 heteroatoms. The first-order chi connectivity index (χ1) is 18.8. The average molecular weight is 569 g/mol. The van der Waals surface area contributed by atoms with Gasteiger partial charge < -0.3 is 9.73 Å². The predicted octanol–water partition coefficient (Wildman–Crippen LogP) is 7.42. The van der Waals surface area contributed by atoms with E-state index in [2.05, 4.69) is 15.5 Å². The van der Waals surface area contributed by atoms with Crippen LogP contribution in [0.1, 0.15) is 27.0 Å². The molecular weight excluding hydrogens is 549 g/mol. The van der Waals surface area contributed by atoms with Gasteiger partial charge in [-0.15, -0.1) is 10.2 Å². The van der Waals surface area contributed by atoms with Crippen molar-refractivity contribution < 1.29 is 22.4 Å². The molecule has 5 rings (SSSR count). The van der Waals surface area contributed by atoms with Crippen LogP contribution in [0.25, 0.3) is 17.3 Å². The van der Waals surface area contributed by atoms with Gasteiger partial charge in [0.2, 0.25) is 5.82 Å². The fraction of sp³-hybridized carbons (Fsp3) is 0.107. The van der Waals surface area contributed by atoms with Crippen LogP contribution in [0.4, 0.5) is 13.2 Å². The molecule has 0 atom stereocenters. The second kappa shape index (κ2) is 11.4. The van der Waals surface area contributed by atoms with Crippen LogP contribution in [-0.4, -0.2) is 20.7 Å². The Bertz CT molecular complexity index is 1590. The van der Waals surface area contributed by atoms with Gasteiger partial charge in [0, 0.05) is 22.9 Å². The van der Waals surface area contributed by atoms with E-state index in [0.717, 1.165) is 23.4 Å². The molecule has 1 N–H and O–H groups in total. The smallest absolute Gasteiger partial charge is 0.416 e. The summed E-state index contributed by atoms with van der Waals surface area (Å²) in [6, 6.07) is 22.8. The second-order valence-corrected chi connectivity index (χ2v) is 9.84. The number of hydrogen-bond acceptors (Lipinski definition) is 5. The van der Waals surface area contributed by atoms with Crippen LogP contribution < -0.4 is 5.32 Å². The molecular formula is C28H20ClF3N4O2S. The van der Waals surface area contributed by atoms with Crippen molar-refractivity contribution in [2.45, 2.75) is 23.6 Å². The summed E-state index contributed by atoms with van der Waals surface area (Å²) in [4.78, 5) is 12.6. The third kappa shape index (κ3) is 6.35. The van der Waals surface area contributed by atoms with Crippen LogP contribution in [-0.2, 0) is 18.5 Å². The Labute approximate surface area is 230 Å². The summed E-state index contributed by atoms with van der Waals surface area (Å²) >= 11 is 7.68. The van der Waals surface area contributed by atoms with Crippen molar-refractivity contribution >= 4 is 29.3 Å². The molecule has 0 aliphatic carbocycles. The van der Waals surface area contributed by atoms with Gasteiger partial charge in [-0.05, 0) is 65.7 Å². The molecule has 0 radical (unpaired) electrons. The number of carbonyl (C=O) groups is 1.